The standard InChI is InChI=1S/C8H15N3O2/c1-8(2,3)5-6(10-11-9)4-7(12)13/h6H,4-5H2,1-3H3,(H,12,13). The number of carboxylic acids is 1. The van der Waals surface area contributed by atoms with Crippen molar-refractivity contribution in [1.82, 2.24) is 0 Å². The second-order valence-electron chi connectivity index (χ2n) is 4.22. The van der Waals surface area contributed by atoms with Crippen molar-refractivity contribution in [2.24, 2.45) is 10.5 Å². The number of hydrogen-bond acceptors (Lipinski definition) is 2. The molecule has 0 saturated carbocycles. The van der Waals surface area contributed by atoms with Gasteiger partial charge in [0, 0.05) is 11.0 Å². The molecule has 0 aliphatic rings. The molecule has 0 heterocycles. The van der Waals surface area contributed by atoms with E-state index in [9.17, 15) is 4.79 Å². The van der Waals surface area contributed by atoms with Crippen LogP contribution in [0.1, 0.15) is 33.6 Å². The maximum Gasteiger partial charge on any atom is 0.303 e. The third-order valence-corrected chi connectivity index (χ3v) is 1.47. The number of hydrogen-bond donors (Lipinski definition) is 1. The second kappa shape index (κ2) is 4.72. The van der Waals surface area contributed by atoms with Gasteiger partial charge in [0.05, 0.1) is 6.42 Å². The third-order valence-electron chi connectivity index (χ3n) is 1.47. The van der Waals surface area contributed by atoms with Gasteiger partial charge in [0.15, 0.2) is 0 Å². The van der Waals surface area contributed by atoms with Gasteiger partial charge >= 0.3 is 5.97 Å². The van der Waals surface area contributed by atoms with Gasteiger partial charge in [-0.25, -0.2) is 0 Å². The van der Waals surface area contributed by atoms with Crippen molar-refractivity contribution in [2.75, 3.05) is 0 Å². The zero-order valence-electron chi connectivity index (χ0n) is 8.19. The maximum atomic E-state index is 10.4. The van der Waals surface area contributed by atoms with Gasteiger partial charge < -0.3 is 5.11 Å². The monoisotopic (exact) mass is 185 g/mol. The van der Waals surface area contributed by atoms with Crippen LogP contribution in [0.3, 0.4) is 0 Å². The topological polar surface area (TPSA) is 86.1 Å². The molecule has 74 valence electrons. The largest absolute Gasteiger partial charge is 0.481 e. The summed E-state index contributed by atoms with van der Waals surface area (Å²) in [5.41, 5.74) is 8.19. The van der Waals surface area contributed by atoms with Crippen LogP contribution in [-0.4, -0.2) is 17.1 Å². The highest BCUT2D eigenvalue weighted by molar-refractivity contribution is 5.67. The van der Waals surface area contributed by atoms with Crippen LogP contribution in [0.5, 0.6) is 0 Å². The summed E-state index contributed by atoms with van der Waals surface area (Å²) in [5.74, 6) is -0.929. The third kappa shape index (κ3) is 7.15. The summed E-state index contributed by atoms with van der Waals surface area (Å²) in [5, 5.41) is 12.0. The molecule has 1 N–H and O–H groups in total. The maximum absolute atomic E-state index is 10.4. The second-order valence-corrected chi connectivity index (χ2v) is 4.22. The van der Waals surface area contributed by atoms with Crippen molar-refractivity contribution in [3.63, 3.8) is 0 Å². The molecule has 0 aromatic carbocycles. The van der Waals surface area contributed by atoms with Gasteiger partial charge in [0.2, 0.25) is 0 Å². The Morgan fingerprint density at radius 3 is 2.46 bits per heavy atom. The molecule has 0 fully saturated rings. The number of carboxylic acid groups (broad SMARTS) is 1. The Balaban J connectivity index is 4.26. The summed E-state index contributed by atoms with van der Waals surface area (Å²) in [7, 11) is 0. The van der Waals surface area contributed by atoms with Crippen LogP contribution in [0.25, 0.3) is 10.4 Å². The van der Waals surface area contributed by atoms with Crippen LogP contribution in [0.2, 0.25) is 0 Å². The minimum absolute atomic E-state index is 0.0195. The van der Waals surface area contributed by atoms with E-state index in [1.54, 1.807) is 0 Å². The highest BCUT2D eigenvalue weighted by atomic mass is 16.4. The first-order valence-electron chi connectivity index (χ1n) is 4.11. The fourth-order valence-corrected chi connectivity index (χ4v) is 1.14. The summed E-state index contributed by atoms with van der Waals surface area (Å²) in [6.45, 7) is 5.94. The van der Waals surface area contributed by atoms with Gasteiger partial charge in [0.25, 0.3) is 0 Å². The molecule has 0 bridgehead atoms. The SMILES string of the molecule is CC(C)(C)CC(CC(=O)O)N=[N+]=[N-]. The Labute approximate surface area is 77.4 Å². The van der Waals surface area contributed by atoms with Gasteiger partial charge in [-0.1, -0.05) is 25.9 Å². The summed E-state index contributed by atoms with van der Waals surface area (Å²) in [6, 6.07) is -0.442. The Bertz CT molecular complexity index is 226. The molecule has 13 heavy (non-hydrogen) atoms. The van der Waals surface area contributed by atoms with Crippen LogP contribution < -0.4 is 0 Å². The number of rotatable bonds is 4. The molecule has 0 rings (SSSR count). The number of azide groups is 1. The van der Waals surface area contributed by atoms with Crippen molar-refractivity contribution in [3.8, 4) is 0 Å². The number of aliphatic carboxylic acids is 1. The van der Waals surface area contributed by atoms with Gasteiger partial charge in [-0.15, -0.1) is 0 Å². The minimum atomic E-state index is -0.929. The first-order chi connectivity index (χ1) is 5.85. The normalized spacial score (nSPS) is 13.2. The summed E-state index contributed by atoms with van der Waals surface area (Å²) < 4.78 is 0. The van der Waals surface area contributed by atoms with Crippen LogP contribution in [0, 0.1) is 5.41 Å². The Morgan fingerprint density at radius 2 is 2.15 bits per heavy atom. The zero-order valence-corrected chi connectivity index (χ0v) is 8.19. The minimum Gasteiger partial charge on any atom is -0.481 e. The lowest BCUT2D eigenvalue weighted by Gasteiger charge is -2.21. The van der Waals surface area contributed by atoms with Crippen molar-refractivity contribution in [2.45, 2.75) is 39.7 Å². The van der Waals surface area contributed by atoms with Gasteiger partial charge in [-0.3, -0.25) is 4.79 Å². The van der Waals surface area contributed by atoms with Crippen molar-refractivity contribution in [3.05, 3.63) is 10.4 Å². The Hall–Kier alpha value is -1.22. The van der Waals surface area contributed by atoms with Crippen molar-refractivity contribution < 1.29 is 9.90 Å². The lowest BCUT2D eigenvalue weighted by Crippen LogP contribution is -2.18. The molecular weight excluding hydrogens is 170 g/mol. The zero-order chi connectivity index (χ0) is 10.5. The van der Waals surface area contributed by atoms with Crippen molar-refractivity contribution in [1.29, 1.82) is 0 Å². The average Bonchev–Trinajstić information content (AvgIpc) is 1.81. The number of nitrogens with zero attached hydrogens (tertiary/aromatic N) is 3. The smallest absolute Gasteiger partial charge is 0.303 e. The molecular formula is C8H15N3O2. The predicted octanol–water partition coefficient (Wildman–Crippen LogP) is 2.58. The van der Waals surface area contributed by atoms with E-state index in [0.29, 0.717) is 6.42 Å². The first-order valence-corrected chi connectivity index (χ1v) is 4.11. The van der Waals surface area contributed by atoms with E-state index in [-0.39, 0.29) is 11.8 Å². The van der Waals surface area contributed by atoms with Crippen LogP contribution in [-0.2, 0) is 4.79 Å². The molecule has 0 saturated heterocycles. The van der Waals surface area contributed by atoms with E-state index >= 15 is 0 Å². The predicted molar refractivity (Wildman–Crippen MR) is 49.3 cm³/mol. The van der Waals surface area contributed by atoms with E-state index < -0.39 is 12.0 Å². The number of carbonyl (C=O) groups is 1. The molecule has 0 spiro atoms. The fourth-order valence-electron chi connectivity index (χ4n) is 1.14. The summed E-state index contributed by atoms with van der Waals surface area (Å²) in [4.78, 5) is 13.0. The van der Waals surface area contributed by atoms with E-state index in [2.05, 4.69) is 10.0 Å². The highest BCUT2D eigenvalue weighted by Gasteiger charge is 2.19. The van der Waals surface area contributed by atoms with Gasteiger partial charge in [-0.05, 0) is 17.4 Å². The molecule has 0 radical (unpaired) electrons. The Morgan fingerprint density at radius 1 is 1.62 bits per heavy atom. The molecule has 5 heteroatoms. The molecule has 5 nitrogen and oxygen atoms in total. The quantitative estimate of drug-likeness (QED) is 0.414. The van der Waals surface area contributed by atoms with Crippen LogP contribution >= 0.6 is 0 Å². The molecule has 0 aliphatic heterocycles. The lowest BCUT2D eigenvalue weighted by atomic mass is 9.87. The van der Waals surface area contributed by atoms with E-state index in [1.165, 1.54) is 0 Å². The van der Waals surface area contributed by atoms with E-state index in [4.69, 9.17) is 10.6 Å². The Kier molecular flexibility index (Phi) is 4.28. The lowest BCUT2D eigenvalue weighted by molar-refractivity contribution is -0.137. The molecule has 0 aromatic heterocycles. The fraction of sp³-hybridized carbons (Fsp3) is 0.875. The van der Waals surface area contributed by atoms with E-state index in [0.717, 1.165) is 0 Å². The molecule has 1 unspecified atom stereocenters. The summed E-state index contributed by atoms with van der Waals surface area (Å²) in [6.07, 6.45) is 0.491. The molecule has 1 atom stereocenters. The summed E-state index contributed by atoms with van der Waals surface area (Å²) >= 11 is 0. The van der Waals surface area contributed by atoms with Crippen LogP contribution in [0.4, 0.5) is 0 Å². The van der Waals surface area contributed by atoms with Gasteiger partial charge in [0.1, 0.15) is 0 Å². The molecule has 0 aliphatic carbocycles. The first kappa shape index (κ1) is 11.8. The molecule has 0 aromatic rings. The van der Waals surface area contributed by atoms with Crippen LogP contribution in [0.15, 0.2) is 5.11 Å². The van der Waals surface area contributed by atoms with E-state index in [1.807, 2.05) is 20.8 Å². The van der Waals surface area contributed by atoms with Crippen molar-refractivity contribution >= 4 is 5.97 Å². The van der Waals surface area contributed by atoms with Gasteiger partial charge in [-0.2, -0.15) is 0 Å². The highest BCUT2D eigenvalue weighted by Crippen LogP contribution is 2.23. The molecule has 0 amide bonds. The average molecular weight is 185 g/mol.